The van der Waals surface area contributed by atoms with Gasteiger partial charge in [0, 0.05) is 6.07 Å². The van der Waals surface area contributed by atoms with Gasteiger partial charge in [-0.15, -0.1) is 0 Å². The molecule has 2 aromatic rings. The summed E-state index contributed by atoms with van der Waals surface area (Å²) in [5.41, 5.74) is 2.23. The lowest BCUT2D eigenvalue weighted by atomic mass is 10.2. The minimum absolute atomic E-state index is 0.200. The molecular formula is C11H15FN2. The molecule has 0 radical (unpaired) electrons. The van der Waals surface area contributed by atoms with Crippen LogP contribution in [0.3, 0.4) is 0 Å². The van der Waals surface area contributed by atoms with Crippen molar-refractivity contribution in [3.8, 4) is 0 Å². The van der Waals surface area contributed by atoms with Crippen molar-refractivity contribution in [3.05, 3.63) is 29.3 Å². The average molecular weight is 194 g/mol. The van der Waals surface area contributed by atoms with Gasteiger partial charge in [0.25, 0.3) is 0 Å². The van der Waals surface area contributed by atoms with Gasteiger partial charge in [0.2, 0.25) is 0 Å². The lowest BCUT2D eigenvalue weighted by Crippen LogP contribution is -1.81. The third kappa shape index (κ3) is 1.92. The van der Waals surface area contributed by atoms with Gasteiger partial charge in [0.15, 0.2) is 0 Å². The van der Waals surface area contributed by atoms with Crippen molar-refractivity contribution in [2.45, 2.75) is 27.7 Å². The van der Waals surface area contributed by atoms with E-state index in [1.54, 1.807) is 13.0 Å². The van der Waals surface area contributed by atoms with E-state index in [2.05, 4.69) is 9.97 Å². The maximum Gasteiger partial charge on any atom is 0.128 e. The lowest BCUT2D eigenvalue weighted by Gasteiger charge is -1.93. The number of aromatic amines is 1. The number of halogens is 1. The number of fused-ring (bicyclic) bond motifs is 1. The molecule has 14 heavy (non-hydrogen) atoms. The summed E-state index contributed by atoms with van der Waals surface area (Å²) in [7, 11) is 0. The zero-order valence-corrected chi connectivity index (χ0v) is 8.98. The van der Waals surface area contributed by atoms with E-state index >= 15 is 0 Å². The fourth-order valence-corrected chi connectivity index (χ4v) is 1.27. The van der Waals surface area contributed by atoms with E-state index < -0.39 is 0 Å². The summed E-state index contributed by atoms with van der Waals surface area (Å²) in [6, 6.07) is 3.22. The number of benzene rings is 1. The van der Waals surface area contributed by atoms with E-state index in [4.69, 9.17) is 0 Å². The summed E-state index contributed by atoms with van der Waals surface area (Å²) in [4.78, 5) is 7.17. The molecule has 1 aromatic carbocycles. The second-order valence-electron chi connectivity index (χ2n) is 2.94. The van der Waals surface area contributed by atoms with Gasteiger partial charge in [-0.25, -0.2) is 9.37 Å². The van der Waals surface area contributed by atoms with Gasteiger partial charge in [0.05, 0.1) is 11.0 Å². The average Bonchev–Trinajstić information content (AvgIpc) is 2.49. The van der Waals surface area contributed by atoms with Crippen LogP contribution in [0.25, 0.3) is 11.0 Å². The van der Waals surface area contributed by atoms with E-state index in [0.29, 0.717) is 11.1 Å². The van der Waals surface area contributed by atoms with Crippen LogP contribution in [0.5, 0.6) is 0 Å². The van der Waals surface area contributed by atoms with E-state index in [1.165, 1.54) is 6.07 Å². The molecule has 76 valence electrons. The number of nitrogens with zero attached hydrogens (tertiary/aromatic N) is 1. The first-order chi connectivity index (χ1) is 6.66. The maximum absolute atomic E-state index is 13.0. The molecule has 0 saturated carbocycles. The molecule has 1 N–H and O–H groups in total. The fraction of sp³-hybridized carbons (Fsp3) is 0.364. The molecule has 0 bridgehead atoms. The first-order valence-corrected chi connectivity index (χ1v) is 4.79. The highest BCUT2D eigenvalue weighted by molar-refractivity contribution is 5.75. The predicted molar refractivity (Wildman–Crippen MR) is 56.9 cm³/mol. The van der Waals surface area contributed by atoms with Crippen molar-refractivity contribution in [3.63, 3.8) is 0 Å². The van der Waals surface area contributed by atoms with E-state index in [1.807, 2.05) is 20.8 Å². The van der Waals surface area contributed by atoms with Crippen molar-refractivity contribution in [2.24, 2.45) is 0 Å². The number of imidazole rings is 1. The summed E-state index contributed by atoms with van der Waals surface area (Å²) in [6.07, 6.45) is 0. The molecule has 3 heteroatoms. The Morgan fingerprint density at radius 3 is 2.50 bits per heavy atom. The summed E-state index contributed by atoms with van der Waals surface area (Å²) < 4.78 is 13.0. The number of nitrogens with one attached hydrogen (secondary N) is 1. The van der Waals surface area contributed by atoms with E-state index in [-0.39, 0.29) is 5.82 Å². The number of aromatic nitrogens is 2. The number of hydrogen-bond donors (Lipinski definition) is 1. The van der Waals surface area contributed by atoms with Crippen LogP contribution >= 0.6 is 0 Å². The van der Waals surface area contributed by atoms with E-state index in [9.17, 15) is 4.39 Å². The summed E-state index contributed by atoms with van der Waals surface area (Å²) in [5.74, 6) is 0.615. The van der Waals surface area contributed by atoms with Crippen LogP contribution in [-0.4, -0.2) is 9.97 Å². The van der Waals surface area contributed by atoms with Gasteiger partial charge in [-0.2, -0.15) is 0 Å². The summed E-state index contributed by atoms with van der Waals surface area (Å²) in [6.45, 7) is 7.60. The fourth-order valence-electron chi connectivity index (χ4n) is 1.27. The molecule has 0 spiro atoms. The van der Waals surface area contributed by atoms with Crippen LogP contribution in [0, 0.1) is 19.7 Å². The second-order valence-corrected chi connectivity index (χ2v) is 2.94. The zero-order valence-electron chi connectivity index (χ0n) is 8.98. The molecule has 0 fully saturated rings. The van der Waals surface area contributed by atoms with Crippen molar-refractivity contribution in [2.75, 3.05) is 0 Å². The molecule has 0 atom stereocenters. The van der Waals surface area contributed by atoms with Crippen LogP contribution in [-0.2, 0) is 0 Å². The Morgan fingerprint density at radius 2 is 1.86 bits per heavy atom. The summed E-state index contributed by atoms with van der Waals surface area (Å²) >= 11 is 0. The molecular weight excluding hydrogens is 179 g/mol. The highest BCUT2D eigenvalue weighted by atomic mass is 19.1. The molecule has 1 heterocycles. The van der Waals surface area contributed by atoms with Gasteiger partial charge < -0.3 is 4.98 Å². The Balaban J connectivity index is 0.000000461. The molecule has 0 saturated heterocycles. The third-order valence-corrected chi connectivity index (χ3v) is 1.88. The molecule has 1 aromatic heterocycles. The normalized spacial score (nSPS) is 9.79. The number of H-pyrrole nitrogens is 1. The molecule has 0 amide bonds. The third-order valence-electron chi connectivity index (χ3n) is 1.88. The minimum Gasteiger partial charge on any atom is -0.342 e. The van der Waals surface area contributed by atoms with E-state index in [0.717, 1.165) is 11.3 Å². The lowest BCUT2D eigenvalue weighted by molar-refractivity contribution is 0.620. The van der Waals surface area contributed by atoms with Crippen LogP contribution in [0.1, 0.15) is 25.2 Å². The van der Waals surface area contributed by atoms with Gasteiger partial charge in [-0.1, -0.05) is 13.8 Å². The van der Waals surface area contributed by atoms with Crippen molar-refractivity contribution in [1.29, 1.82) is 0 Å². The van der Waals surface area contributed by atoms with Crippen LogP contribution in [0.15, 0.2) is 12.1 Å². The topological polar surface area (TPSA) is 28.7 Å². The monoisotopic (exact) mass is 194 g/mol. The zero-order chi connectivity index (χ0) is 10.7. The molecule has 0 aliphatic heterocycles. The smallest absolute Gasteiger partial charge is 0.128 e. The molecule has 0 aliphatic rings. The van der Waals surface area contributed by atoms with Crippen LogP contribution < -0.4 is 0 Å². The van der Waals surface area contributed by atoms with Gasteiger partial charge >= 0.3 is 0 Å². The van der Waals surface area contributed by atoms with Crippen molar-refractivity contribution >= 4 is 11.0 Å². The van der Waals surface area contributed by atoms with Gasteiger partial charge in [-0.05, 0) is 25.5 Å². The molecule has 2 rings (SSSR count). The molecule has 0 aliphatic carbocycles. The summed E-state index contributed by atoms with van der Waals surface area (Å²) in [5, 5.41) is 0. The Kier molecular flexibility index (Phi) is 3.23. The van der Waals surface area contributed by atoms with Crippen molar-refractivity contribution < 1.29 is 4.39 Å². The number of hydrogen-bond acceptors (Lipinski definition) is 1. The minimum atomic E-state index is -0.200. The second kappa shape index (κ2) is 4.22. The first-order valence-electron chi connectivity index (χ1n) is 4.79. The highest BCUT2D eigenvalue weighted by Gasteiger charge is 2.03. The maximum atomic E-state index is 13.0. The first kappa shape index (κ1) is 10.7. The largest absolute Gasteiger partial charge is 0.342 e. The van der Waals surface area contributed by atoms with Crippen LogP contribution in [0.2, 0.25) is 0 Å². The number of aryl methyl sites for hydroxylation is 2. The Labute approximate surface area is 83.2 Å². The predicted octanol–water partition coefficient (Wildman–Crippen LogP) is 3.35. The standard InChI is InChI=1S/C9H9FN2.C2H6/c1-5-3-8-9(4-7(5)10)12-6(2)11-8;1-2/h3-4H,1-2H3,(H,11,12);1-2H3. The van der Waals surface area contributed by atoms with Gasteiger partial charge in [-0.3, -0.25) is 0 Å². The highest BCUT2D eigenvalue weighted by Crippen LogP contribution is 2.16. The SMILES string of the molecule is CC.Cc1nc2cc(F)c(C)cc2[nH]1. The Hall–Kier alpha value is -1.38. The van der Waals surface area contributed by atoms with Gasteiger partial charge in [0.1, 0.15) is 11.6 Å². The molecule has 2 nitrogen and oxygen atoms in total. The van der Waals surface area contributed by atoms with Crippen LogP contribution in [0.4, 0.5) is 4.39 Å². The van der Waals surface area contributed by atoms with Crippen molar-refractivity contribution in [1.82, 2.24) is 9.97 Å². The molecule has 0 unspecified atom stereocenters. The Bertz CT molecular complexity index is 393. The Morgan fingerprint density at radius 1 is 1.21 bits per heavy atom. The quantitative estimate of drug-likeness (QED) is 0.684. The number of rotatable bonds is 0.